The summed E-state index contributed by atoms with van der Waals surface area (Å²) in [6.45, 7) is 5.36. The van der Waals surface area contributed by atoms with Crippen LogP contribution in [-0.2, 0) is 6.54 Å². The Morgan fingerprint density at radius 2 is 1.56 bits per heavy atom. The second-order valence-electron chi connectivity index (χ2n) is 8.61. The lowest BCUT2D eigenvalue weighted by molar-refractivity contribution is 0.201. The van der Waals surface area contributed by atoms with Crippen LogP contribution in [0.4, 0.5) is 14.5 Å². The number of piperazine rings is 1. The van der Waals surface area contributed by atoms with Crippen molar-refractivity contribution in [1.82, 2.24) is 25.1 Å². The zero-order chi connectivity index (χ0) is 23.5. The summed E-state index contributed by atoms with van der Waals surface area (Å²) in [6, 6.07) is 21.5. The highest BCUT2D eigenvalue weighted by atomic mass is 19.1. The van der Waals surface area contributed by atoms with Crippen molar-refractivity contribution in [3.8, 4) is 0 Å². The quantitative estimate of drug-likeness (QED) is 0.431. The van der Waals surface area contributed by atoms with Crippen LogP contribution in [0.3, 0.4) is 0 Å². The molecule has 0 saturated carbocycles. The van der Waals surface area contributed by atoms with Gasteiger partial charge in [-0.2, -0.15) is 0 Å². The molecule has 6 nitrogen and oxygen atoms in total. The molecule has 1 aliphatic rings. The molecule has 4 aromatic rings. The van der Waals surface area contributed by atoms with E-state index in [-0.39, 0.29) is 17.7 Å². The van der Waals surface area contributed by atoms with Gasteiger partial charge in [0.15, 0.2) is 5.82 Å². The van der Waals surface area contributed by atoms with Crippen LogP contribution in [0.25, 0.3) is 0 Å². The second-order valence-corrected chi connectivity index (χ2v) is 8.61. The summed E-state index contributed by atoms with van der Waals surface area (Å²) in [7, 11) is 0. The van der Waals surface area contributed by atoms with Crippen LogP contribution in [-0.4, -0.2) is 51.3 Å². The Hall–Kier alpha value is -3.65. The Morgan fingerprint density at radius 1 is 0.853 bits per heavy atom. The first-order chi connectivity index (χ1) is 16.6. The molecular weight excluding hydrogens is 434 g/mol. The molecular formula is C26H26F2N6. The topological polar surface area (TPSA) is 50.1 Å². The first-order valence-corrected chi connectivity index (χ1v) is 11.4. The molecule has 0 aliphatic carbocycles. The van der Waals surface area contributed by atoms with Crippen molar-refractivity contribution in [3.63, 3.8) is 0 Å². The maximum atomic E-state index is 14.3. The van der Waals surface area contributed by atoms with Gasteiger partial charge in [0.25, 0.3) is 0 Å². The molecule has 1 aliphatic heterocycles. The van der Waals surface area contributed by atoms with E-state index in [2.05, 4.69) is 56.5 Å². The van der Waals surface area contributed by atoms with Gasteiger partial charge >= 0.3 is 0 Å². The summed E-state index contributed by atoms with van der Waals surface area (Å²) in [4.78, 5) is 4.42. The van der Waals surface area contributed by atoms with Crippen LogP contribution >= 0.6 is 0 Å². The second kappa shape index (κ2) is 9.69. The molecule has 1 fully saturated rings. The van der Waals surface area contributed by atoms with Crippen molar-refractivity contribution in [1.29, 1.82) is 0 Å². The number of anilines is 1. The number of nitrogens with zero attached hydrogens (tertiary/aromatic N) is 6. The zero-order valence-electron chi connectivity index (χ0n) is 19.0. The molecule has 0 bridgehead atoms. The van der Waals surface area contributed by atoms with Gasteiger partial charge in [0.1, 0.15) is 11.6 Å². The molecule has 5 rings (SSSR count). The van der Waals surface area contributed by atoms with Gasteiger partial charge in [-0.25, -0.2) is 13.5 Å². The maximum Gasteiger partial charge on any atom is 0.173 e. The number of benzene rings is 3. The van der Waals surface area contributed by atoms with E-state index in [1.165, 1.54) is 23.8 Å². The van der Waals surface area contributed by atoms with E-state index in [1.54, 1.807) is 22.9 Å². The molecule has 0 radical (unpaired) electrons. The van der Waals surface area contributed by atoms with Crippen molar-refractivity contribution < 1.29 is 8.78 Å². The fourth-order valence-electron chi connectivity index (χ4n) is 4.48. The lowest BCUT2D eigenvalue weighted by Gasteiger charge is -2.40. The Morgan fingerprint density at radius 3 is 2.26 bits per heavy atom. The molecule has 34 heavy (non-hydrogen) atoms. The third-order valence-electron chi connectivity index (χ3n) is 6.32. The first-order valence-electron chi connectivity index (χ1n) is 11.4. The van der Waals surface area contributed by atoms with Gasteiger partial charge in [-0.05, 0) is 52.7 Å². The van der Waals surface area contributed by atoms with Crippen molar-refractivity contribution in [2.45, 2.75) is 19.5 Å². The van der Waals surface area contributed by atoms with Crippen molar-refractivity contribution in [3.05, 3.63) is 107 Å². The van der Waals surface area contributed by atoms with Crippen molar-refractivity contribution >= 4 is 5.69 Å². The molecule has 1 unspecified atom stereocenters. The third-order valence-corrected chi connectivity index (χ3v) is 6.32. The molecule has 3 aromatic carbocycles. The predicted octanol–water partition coefficient (Wildman–Crippen LogP) is 4.22. The minimum Gasteiger partial charge on any atom is -0.367 e. The zero-order valence-corrected chi connectivity index (χ0v) is 19.0. The fourth-order valence-corrected chi connectivity index (χ4v) is 4.48. The van der Waals surface area contributed by atoms with Gasteiger partial charge in [-0.3, -0.25) is 4.90 Å². The van der Waals surface area contributed by atoms with Gasteiger partial charge < -0.3 is 4.90 Å². The molecule has 2 heterocycles. The van der Waals surface area contributed by atoms with Gasteiger partial charge in [0, 0.05) is 26.2 Å². The Bertz CT molecular complexity index is 1230. The number of hydrogen-bond donors (Lipinski definition) is 0. The molecule has 0 spiro atoms. The fraction of sp³-hybridized carbons (Fsp3) is 0.269. The lowest BCUT2D eigenvalue weighted by atomic mass is 10.0. The highest BCUT2D eigenvalue weighted by molar-refractivity contribution is 5.48. The number of aromatic nitrogens is 4. The Balaban J connectivity index is 1.43. The molecule has 1 atom stereocenters. The third kappa shape index (κ3) is 4.68. The van der Waals surface area contributed by atoms with Crippen LogP contribution in [0.5, 0.6) is 0 Å². The molecule has 174 valence electrons. The molecule has 1 aromatic heterocycles. The molecule has 0 N–H and O–H groups in total. The molecule has 0 amide bonds. The van der Waals surface area contributed by atoms with Gasteiger partial charge in [0.2, 0.25) is 0 Å². The van der Waals surface area contributed by atoms with Crippen LogP contribution in [0.15, 0.2) is 72.8 Å². The van der Waals surface area contributed by atoms with E-state index < -0.39 is 0 Å². The summed E-state index contributed by atoms with van der Waals surface area (Å²) in [5, 5.41) is 12.6. The Labute approximate surface area is 197 Å². The highest BCUT2D eigenvalue weighted by Crippen LogP contribution is 2.30. The predicted molar refractivity (Wildman–Crippen MR) is 127 cm³/mol. The van der Waals surface area contributed by atoms with Crippen molar-refractivity contribution in [2.75, 3.05) is 31.1 Å². The number of halogens is 2. The number of para-hydroxylation sites is 1. The Kier molecular flexibility index (Phi) is 6.31. The number of rotatable bonds is 6. The van der Waals surface area contributed by atoms with Gasteiger partial charge in [0.05, 0.1) is 18.3 Å². The van der Waals surface area contributed by atoms with E-state index in [0.717, 1.165) is 30.0 Å². The van der Waals surface area contributed by atoms with Crippen LogP contribution in [0.1, 0.15) is 28.6 Å². The number of hydrogen-bond acceptors (Lipinski definition) is 5. The number of aryl methyl sites for hydroxylation is 1. The van der Waals surface area contributed by atoms with Crippen LogP contribution < -0.4 is 4.90 Å². The summed E-state index contributed by atoms with van der Waals surface area (Å²) < 4.78 is 29.5. The maximum absolute atomic E-state index is 14.3. The molecule has 1 saturated heterocycles. The van der Waals surface area contributed by atoms with Crippen LogP contribution in [0.2, 0.25) is 0 Å². The smallest absolute Gasteiger partial charge is 0.173 e. The lowest BCUT2D eigenvalue weighted by Crippen LogP contribution is -2.48. The van der Waals surface area contributed by atoms with E-state index >= 15 is 0 Å². The van der Waals surface area contributed by atoms with E-state index in [0.29, 0.717) is 25.3 Å². The average molecular weight is 461 g/mol. The summed E-state index contributed by atoms with van der Waals surface area (Å²) >= 11 is 0. The van der Waals surface area contributed by atoms with E-state index in [4.69, 9.17) is 0 Å². The summed E-state index contributed by atoms with van der Waals surface area (Å²) in [5.74, 6) is 0.257. The largest absolute Gasteiger partial charge is 0.367 e. The minimum absolute atomic E-state index is 0.154. The monoisotopic (exact) mass is 460 g/mol. The number of tetrazole rings is 1. The van der Waals surface area contributed by atoms with Gasteiger partial charge in [-0.1, -0.05) is 54.1 Å². The van der Waals surface area contributed by atoms with E-state index in [1.807, 2.05) is 12.1 Å². The normalized spacial score (nSPS) is 15.4. The van der Waals surface area contributed by atoms with Crippen LogP contribution in [0, 0.1) is 18.6 Å². The summed E-state index contributed by atoms with van der Waals surface area (Å²) in [6.07, 6.45) is 0. The highest BCUT2D eigenvalue weighted by Gasteiger charge is 2.31. The average Bonchev–Trinajstić information content (AvgIpc) is 3.30. The minimum atomic E-state index is -0.272. The standard InChI is InChI=1S/C26H26F2N6/c1-19-6-10-21(11-7-19)25(26-29-30-31-34(26)18-20-8-12-22(27)13-9-20)33-16-14-32(15-17-33)24-5-3-2-4-23(24)28/h2-13,25H,14-18H2,1H3. The SMILES string of the molecule is Cc1ccc(C(c2nnnn2Cc2ccc(F)cc2)N2CCN(c3ccccc3F)CC2)cc1. The van der Waals surface area contributed by atoms with E-state index in [9.17, 15) is 8.78 Å². The molecule has 8 heteroatoms. The van der Waals surface area contributed by atoms with Crippen molar-refractivity contribution in [2.24, 2.45) is 0 Å². The summed E-state index contributed by atoms with van der Waals surface area (Å²) in [5.41, 5.74) is 3.83. The van der Waals surface area contributed by atoms with Gasteiger partial charge in [-0.15, -0.1) is 5.10 Å². The first kappa shape index (κ1) is 22.2.